The Kier molecular flexibility index (Phi) is 5.24. The molecule has 2 amide bonds. The second-order valence-corrected chi connectivity index (χ2v) is 5.02. The first-order valence-electron chi connectivity index (χ1n) is 7.00. The van der Waals surface area contributed by atoms with Crippen LogP contribution in [0.1, 0.15) is 11.1 Å². The van der Waals surface area contributed by atoms with Crippen LogP contribution in [0.2, 0.25) is 0 Å². The number of anilines is 1. The van der Waals surface area contributed by atoms with Crippen LogP contribution in [0.15, 0.2) is 42.5 Å². The second-order valence-electron chi connectivity index (χ2n) is 5.02. The van der Waals surface area contributed by atoms with Crippen LogP contribution < -0.4 is 10.6 Å². The van der Waals surface area contributed by atoms with Crippen LogP contribution in [0.5, 0.6) is 0 Å². The van der Waals surface area contributed by atoms with Gasteiger partial charge in [-0.3, -0.25) is 10.1 Å². The van der Waals surface area contributed by atoms with E-state index >= 15 is 0 Å². The molecule has 0 spiro atoms. The van der Waals surface area contributed by atoms with Gasteiger partial charge in [0, 0.05) is 23.9 Å². The van der Waals surface area contributed by atoms with E-state index < -0.39 is 11.0 Å². The summed E-state index contributed by atoms with van der Waals surface area (Å²) >= 11 is 0. The number of carbonyl (C=O) groups is 1. The monoisotopic (exact) mass is 317 g/mol. The minimum absolute atomic E-state index is 0.00673. The molecule has 2 aromatic carbocycles. The summed E-state index contributed by atoms with van der Waals surface area (Å²) in [5.41, 5.74) is 1.87. The number of aryl methyl sites for hydroxylation is 1. The molecule has 0 aliphatic rings. The minimum Gasteiger partial charge on any atom is -0.338 e. The van der Waals surface area contributed by atoms with Gasteiger partial charge in [0.2, 0.25) is 0 Å². The highest BCUT2D eigenvalue weighted by Crippen LogP contribution is 2.21. The van der Waals surface area contributed by atoms with Gasteiger partial charge in [-0.25, -0.2) is 9.18 Å². The van der Waals surface area contributed by atoms with Gasteiger partial charge in [0.1, 0.15) is 5.82 Å². The Labute approximate surface area is 132 Å². The summed E-state index contributed by atoms with van der Waals surface area (Å²) in [6, 6.07) is 10.0. The molecule has 0 bridgehead atoms. The molecule has 2 rings (SSSR count). The average molecular weight is 317 g/mol. The van der Waals surface area contributed by atoms with E-state index in [4.69, 9.17) is 0 Å². The molecule has 0 heterocycles. The number of rotatable bonds is 5. The van der Waals surface area contributed by atoms with Crippen LogP contribution in [0.4, 0.5) is 20.6 Å². The molecule has 2 N–H and O–H groups in total. The number of nitrogens with one attached hydrogen (secondary N) is 2. The number of amides is 2. The maximum absolute atomic E-state index is 12.8. The predicted molar refractivity (Wildman–Crippen MR) is 85.0 cm³/mol. The van der Waals surface area contributed by atoms with Crippen LogP contribution in [0, 0.1) is 22.9 Å². The lowest BCUT2D eigenvalue weighted by Crippen LogP contribution is -2.30. The van der Waals surface area contributed by atoms with Crippen molar-refractivity contribution in [2.24, 2.45) is 0 Å². The van der Waals surface area contributed by atoms with Gasteiger partial charge >= 0.3 is 6.03 Å². The van der Waals surface area contributed by atoms with Gasteiger partial charge in [0.15, 0.2) is 0 Å². The molecule has 0 aromatic heterocycles. The fraction of sp³-hybridized carbons (Fsp3) is 0.188. The van der Waals surface area contributed by atoms with Crippen LogP contribution in [0.25, 0.3) is 0 Å². The number of nitrogens with zero attached hydrogens (tertiary/aromatic N) is 1. The third-order valence-electron chi connectivity index (χ3n) is 3.26. The SMILES string of the molecule is Cc1cc(NC(=O)NCCc2ccc(F)cc2)ccc1[N+](=O)[O-]. The van der Waals surface area contributed by atoms with Gasteiger partial charge in [-0.05, 0) is 43.2 Å². The molecule has 0 aliphatic carbocycles. The Hall–Kier alpha value is -2.96. The van der Waals surface area contributed by atoms with Crippen molar-refractivity contribution in [3.63, 3.8) is 0 Å². The maximum Gasteiger partial charge on any atom is 0.319 e. The van der Waals surface area contributed by atoms with Crippen molar-refractivity contribution in [1.29, 1.82) is 0 Å². The third kappa shape index (κ3) is 4.77. The number of nitro benzene ring substituents is 1. The molecule has 0 aliphatic heterocycles. The predicted octanol–water partition coefficient (Wildman–Crippen LogP) is 3.41. The zero-order valence-electron chi connectivity index (χ0n) is 12.5. The Bertz CT molecular complexity index is 717. The summed E-state index contributed by atoms with van der Waals surface area (Å²) in [6.45, 7) is 2.00. The number of hydrogen-bond acceptors (Lipinski definition) is 3. The van der Waals surface area contributed by atoms with E-state index in [1.807, 2.05) is 0 Å². The summed E-state index contributed by atoms with van der Waals surface area (Å²) in [5, 5.41) is 16.0. The minimum atomic E-state index is -0.470. The lowest BCUT2D eigenvalue weighted by atomic mass is 10.1. The van der Waals surface area contributed by atoms with Gasteiger partial charge < -0.3 is 10.6 Å². The Balaban J connectivity index is 1.84. The summed E-state index contributed by atoms with van der Waals surface area (Å²) in [6.07, 6.45) is 0.576. The number of hydrogen-bond donors (Lipinski definition) is 2. The van der Waals surface area contributed by atoms with E-state index in [1.165, 1.54) is 30.3 Å². The lowest BCUT2D eigenvalue weighted by Gasteiger charge is -2.08. The van der Waals surface area contributed by atoms with E-state index in [0.717, 1.165) is 5.56 Å². The van der Waals surface area contributed by atoms with E-state index in [1.54, 1.807) is 19.1 Å². The average Bonchev–Trinajstić information content (AvgIpc) is 2.49. The van der Waals surface area contributed by atoms with E-state index in [9.17, 15) is 19.3 Å². The molecule has 0 saturated carbocycles. The van der Waals surface area contributed by atoms with Crippen molar-refractivity contribution in [3.05, 3.63) is 69.5 Å². The first kappa shape index (κ1) is 16.4. The molecule has 0 fully saturated rings. The van der Waals surface area contributed by atoms with E-state index in [0.29, 0.717) is 24.2 Å². The first-order valence-corrected chi connectivity index (χ1v) is 7.00. The molecule has 0 unspecified atom stereocenters. The van der Waals surface area contributed by atoms with Crippen LogP contribution in [-0.4, -0.2) is 17.5 Å². The number of halogens is 1. The smallest absolute Gasteiger partial charge is 0.319 e. The molecule has 23 heavy (non-hydrogen) atoms. The maximum atomic E-state index is 12.8. The van der Waals surface area contributed by atoms with Crippen LogP contribution >= 0.6 is 0 Å². The number of nitro groups is 1. The molecular formula is C16H16FN3O3. The summed E-state index contributed by atoms with van der Waals surface area (Å²) in [5.74, 6) is -0.298. The molecule has 0 atom stereocenters. The summed E-state index contributed by atoms with van der Waals surface area (Å²) < 4.78 is 12.8. The molecule has 0 radical (unpaired) electrons. The van der Waals surface area contributed by atoms with Crippen molar-refractivity contribution < 1.29 is 14.1 Å². The number of benzene rings is 2. The van der Waals surface area contributed by atoms with Gasteiger partial charge in [0.25, 0.3) is 5.69 Å². The zero-order valence-corrected chi connectivity index (χ0v) is 12.5. The quantitative estimate of drug-likeness (QED) is 0.654. The van der Waals surface area contributed by atoms with Crippen molar-refractivity contribution in [1.82, 2.24) is 5.32 Å². The van der Waals surface area contributed by atoms with E-state index in [-0.39, 0.29) is 11.5 Å². The second kappa shape index (κ2) is 7.35. The molecule has 120 valence electrons. The Morgan fingerprint density at radius 1 is 1.22 bits per heavy atom. The topological polar surface area (TPSA) is 84.3 Å². The molecule has 7 heteroatoms. The highest BCUT2D eigenvalue weighted by molar-refractivity contribution is 5.89. The Morgan fingerprint density at radius 3 is 2.52 bits per heavy atom. The number of urea groups is 1. The van der Waals surface area contributed by atoms with Crippen LogP contribution in [-0.2, 0) is 6.42 Å². The van der Waals surface area contributed by atoms with Crippen molar-refractivity contribution in [3.8, 4) is 0 Å². The fourth-order valence-corrected chi connectivity index (χ4v) is 2.08. The van der Waals surface area contributed by atoms with Crippen molar-refractivity contribution >= 4 is 17.4 Å². The van der Waals surface area contributed by atoms with Gasteiger partial charge in [0.05, 0.1) is 4.92 Å². The zero-order chi connectivity index (χ0) is 16.8. The van der Waals surface area contributed by atoms with Crippen molar-refractivity contribution in [2.45, 2.75) is 13.3 Å². The lowest BCUT2D eigenvalue weighted by molar-refractivity contribution is -0.385. The molecule has 2 aromatic rings. The third-order valence-corrected chi connectivity index (χ3v) is 3.26. The first-order chi connectivity index (χ1) is 11.0. The van der Waals surface area contributed by atoms with Gasteiger partial charge in [-0.1, -0.05) is 12.1 Å². The van der Waals surface area contributed by atoms with Crippen LogP contribution in [0.3, 0.4) is 0 Å². The summed E-state index contributed by atoms with van der Waals surface area (Å²) in [7, 11) is 0. The normalized spacial score (nSPS) is 10.2. The van der Waals surface area contributed by atoms with Gasteiger partial charge in [-0.15, -0.1) is 0 Å². The standard InChI is InChI=1S/C16H16FN3O3/c1-11-10-14(6-7-15(11)20(22)23)19-16(21)18-9-8-12-2-4-13(17)5-3-12/h2-7,10H,8-9H2,1H3,(H2,18,19,21). The van der Waals surface area contributed by atoms with Gasteiger partial charge in [-0.2, -0.15) is 0 Å². The Morgan fingerprint density at radius 2 is 1.91 bits per heavy atom. The highest BCUT2D eigenvalue weighted by atomic mass is 19.1. The molecular weight excluding hydrogens is 301 g/mol. The van der Waals surface area contributed by atoms with E-state index in [2.05, 4.69) is 10.6 Å². The number of carbonyl (C=O) groups excluding carboxylic acids is 1. The summed E-state index contributed by atoms with van der Waals surface area (Å²) in [4.78, 5) is 22.0. The van der Waals surface area contributed by atoms with Crippen molar-refractivity contribution in [2.75, 3.05) is 11.9 Å². The molecule has 0 saturated heterocycles. The molecule has 6 nitrogen and oxygen atoms in total. The largest absolute Gasteiger partial charge is 0.338 e. The highest BCUT2D eigenvalue weighted by Gasteiger charge is 2.11. The fourth-order valence-electron chi connectivity index (χ4n) is 2.08.